The first-order valence-corrected chi connectivity index (χ1v) is 14.3. The van der Waals surface area contributed by atoms with Gasteiger partial charge in [0.05, 0.1) is 45.1 Å². The molecule has 260 valence electrons. The molecule has 0 unspecified atom stereocenters. The zero-order valence-electron chi connectivity index (χ0n) is 25.8. The molecule has 2 fully saturated rings. The number of carbonyl (C=O) groups is 5. The summed E-state index contributed by atoms with van der Waals surface area (Å²) >= 11 is 0. The van der Waals surface area contributed by atoms with E-state index in [1.165, 1.54) is 11.0 Å². The maximum Gasteiger partial charge on any atom is 2.00 e. The summed E-state index contributed by atoms with van der Waals surface area (Å²) in [5.74, 6) is -4.30. The number of ether oxygens (including phenoxy) is 4. The molecule has 2 atom stereocenters. The molecule has 3 aliphatic rings. The van der Waals surface area contributed by atoms with Crippen LogP contribution in [0.15, 0.2) is 29.5 Å². The van der Waals surface area contributed by atoms with Gasteiger partial charge in [-0.2, -0.15) is 5.10 Å². The number of carboxylic acids is 2. The number of nitrogens with zero attached hydrogens (tertiary/aromatic N) is 2. The van der Waals surface area contributed by atoms with Crippen molar-refractivity contribution in [3.05, 3.63) is 35.9 Å². The Morgan fingerprint density at radius 1 is 0.978 bits per heavy atom. The Kier molecular flexibility index (Phi) is 17.4. The molecule has 2 aliphatic heterocycles. The Morgan fingerprint density at radius 2 is 1.54 bits per heavy atom. The Morgan fingerprint density at radius 3 is 2.04 bits per heavy atom. The molecule has 0 bridgehead atoms. The predicted molar refractivity (Wildman–Crippen MR) is 159 cm³/mol. The Hall–Kier alpha value is -3.05. The second kappa shape index (κ2) is 19.6. The molecular weight excluding hydrogens is 791 g/mol. The van der Waals surface area contributed by atoms with Gasteiger partial charge in [-0.3, -0.25) is 24.0 Å². The normalized spacial score (nSPS) is 20.6. The molecule has 0 aromatic rings. The fourth-order valence-corrected chi connectivity index (χ4v) is 4.36. The summed E-state index contributed by atoms with van der Waals surface area (Å²) in [4.78, 5) is 58.5. The van der Waals surface area contributed by atoms with Gasteiger partial charge in [-0.05, 0) is 19.9 Å². The second-order valence-electron chi connectivity index (χ2n) is 10.8. The van der Waals surface area contributed by atoms with Crippen LogP contribution in [0.4, 0.5) is 0 Å². The first-order chi connectivity index (χ1) is 21.2. The summed E-state index contributed by atoms with van der Waals surface area (Å²) in [5.41, 5.74) is 15.5. The molecule has 0 aromatic carbocycles. The van der Waals surface area contributed by atoms with Crippen molar-refractivity contribution in [1.29, 1.82) is 0 Å². The first-order valence-electron chi connectivity index (χ1n) is 14.3. The molecule has 1 saturated carbocycles. The Labute approximate surface area is 281 Å². The molecular formula is C28H42N6O11Pt. The number of hydrazone groups is 1. The molecule has 1 aliphatic carbocycles. The van der Waals surface area contributed by atoms with Gasteiger partial charge in [0.15, 0.2) is 11.2 Å². The maximum atomic E-state index is 11.8. The van der Waals surface area contributed by atoms with Gasteiger partial charge in [-0.15, -0.1) is 13.1 Å². The quantitative estimate of drug-likeness (QED) is 0.0909. The third-order valence-corrected chi connectivity index (χ3v) is 6.86. The van der Waals surface area contributed by atoms with Crippen LogP contribution in [0.25, 0.3) is 11.5 Å². The summed E-state index contributed by atoms with van der Waals surface area (Å²) in [6, 6.07) is 0. The van der Waals surface area contributed by atoms with Crippen LogP contribution in [-0.2, 0) is 64.0 Å². The summed E-state index contributed by atoms with van der Waals surface area (Å²) in [5, 5.41) is 24.4. The van der Waals surface area contributed by atoms with Crippen molar-refractivity contribution >= 4 is 35.4 Å². The Bertz CT molecular complexity index is 1110. The fourth-order valence-electron chi connectivity index (χ4n) is 4.36. The molecule has 1 saturated heterocycles. The van der Waals surface area contributed by atoms with Crippen molar-refractivity contribution in [1.82, 2.24) is 15.6 Å². The smallest absolute Gasteiger partial charge is 0.675 e. The summed E-state index contributed by atoms with van der Waals surface area (Å²) in [6.45, 7) is 9.14. The average molecular weight is 834 g/mol. The number of allylic oxidation sites excluding steroid dienone is 1. The van der Waals surface area contributed by atoms with Crippen LogP contribution in [0.3, 0.4) is 0 Å². The van der Waals surface area contributed by atoms with Gasteiger partial charge in [0.25, 0.3) is 5.91 Å². The molecule has 18 heteroatoms. The zero-order chi connectivity index (χ0) is 33.6. The van der Waals surface area contributed by atoms with Crippen molar-refractivity contribution in [3.63, 3.8) is 0 Å². The summed E-state index contributed by atoms with van der Waals surface area (Å²) in [7, 11) is 0. The van der Waals surface area contributed by atoms with Crippen molar-refractivity contribution in [2.45, 2.75) is 57.5 Å². The van der Waals surface area contributed by atoms with Gasteiger partial charge < -0.3 is 50.8 Å². The van der Waals surface area contributed by atoms with E-state index in [9.17, 15) is 24.0 Å². The molecule has 2 heterocycles. The zero-order valence-corrected chi connectivity index (χ0v) is 28.1. The fraction of sp³-hybridized carbons (Fsp3) is 0.643. The van der Waals surface area contributed by atoms with Gasteiger partial charge in [0.1, 0.15) is 0 Å². The molecule has 3 rings (SSSR count). The molecule has 6 N–H and O–H groups in total. The SMILES string of the molecule is C=C1C=CC(=O)N1CCC(=O)NCCOCCOCCC(=O)NN=C1CC(C(=O)O)(C(=O)O)C1.CC1(C)O[C@H](C[NH-])[C@@H](C[NH-])O1.[Pt+2]. The van der Waals surface area contributed by atoms with Gasteiger partial charge in [-0.1, -0.05) is 6.58 Å². The standard InChI is InChI=1S/C21H28N4O9.C7H14N2O2.Pt/c1-14-2-3-18(28)25(14)7-4-16(26)22-6-9-34-11-10-33-8-5-17(27)24-23-15-12-21(13-15,19(29)30)20(31)32;1-7(2)10-5(3-8)6(4-9)11-7;/h2-3H,1,4-13H2,(H,22,26)(H,24,27)(H,29,30)(H,31,32);5-6,8-9H,3-4H2,1-2H3;/q;-2;+2/t;5-,6-;/m.1./s1. The van der Waals surface area contributed by atoms with Crippen LogP contribution >= 0.6 is 0 Å². The van der Waals surface area contributed by atoms with Gasteiger partial charge in [0, 0.05) is 49.8 Å². The van der Waals surface area contributed by atoms with Crippen molar-refractivity contribution in [2.24, 2.45) is 10.5 Å². The molecule has 0 spiro atoms. The largest absolute Gasteiger partial charge is 2.00 e. The van der Waals surface area contributed by atoms with Crippen molar-refractivity contribution in [3.8, 4) is 0 Å². The van der Waals surface area contributed by atoms with E-state index in [1.54, 1.807) is 6.08 Å². The monoisotopic (exact) mass is 833 g/mol. The van der Waals surface area contributed by atoms with E-state index in [0.717, 1.165) is 0 Å². The molecule has 46 heavy (non-hydrogen) atoms. The minimum Gasteiger partial charge on any atom is -0.675 e. The molecule has 3 amide bonds. The minimum absolute atomic E-state index is 0. The van der Waals surface area contributed by atoms with Gasteiger partial charge in [0.2, 0.25) is 11.8 Å². The van der Waals surface area contributed by atoms with Crippen LogP contribution in [0.2, 0.25) is 0 Å². The van der Waals surface area contributed by atoms with Gasteiger partial charge in [-0.25, -0.2) is 5.43 Å². The number of carbonyl (C=O) groups excluding carboxylic acids is 3. The number of rotatable bonds is 17. The topological polar surface area (TPSA) is 250 Å². The predicted octanol–water partition coefficient (Wildman–Crippen LogP) is 0.858. The van der Waals surface area contributed by atoms with Crippen LogP contribution in [0, 0.1) is 5.41 Å². The van der Waals surface area contributed by atoms with E-state index < -0.39 is 29.0 Å². The number of carboxylic acid groups (broad SMARTS) is 2. The number of aliphatic carboxylic acids is 2. The van der Waals surface area contributed by atoms with E-state index in [-0.39, 0.29) is 117 Å². The third-order valence-electron chi connectivity index (χ3n) is 6.86. The van der Waals surface area contributed by atoms with E-state index in [4.69, 9.17) is 40.6 Å². The third kappa shape index (κ3) is 12.6. The van der Waals surface area contributed by atoms with E-state index in [0.29, 0.717) is 18.0 Å². The molecule has 0 radical (unpaired) electrons. The number of hydrogen-bond donors (Lipinski definition) is 4. The van der Waals surface area contributed by atoms with E-state index in [1.807, 2.05) is 13.8 Å². The summed E-state index contributed by atoms with van der Waals surface area (Å²) in [6.07, 6.45) is 2.23. The van der Waals surface area contributed by atoms with E-state index in [2.05, 4.69) is 22.4 Å². The van der Waals surface area contributed by atoms with Crippen LogP contribution < -0.4 is 10.7 Å². The van der Waals surface area contributed by atoms with E-state index >= 15 is 0 Å². The summed E-state index contributed by atoms with van der Waals surface area (Å²) < 4.78 is 21.3. The first kappa shape index (κ1) is 41.0. The maximum absolute atomic E-state index is 11.8. The second-order valence-corrected chi connectivity index (χ2v) is 10.8. The number of nitrogens with one attached hydrogen (secondary N) is 4. The van der Waals surface area contributed by atoms with Crippen molar-refractivity contribution in [2.75, 3.05) is 52.6 Å². The van der Waals surface area contributed by atoms with Crippen LogP contribution in [-0.4, -0.2) is 121 Å². The van der Waals surface area contributed by atoms with Crippen LogP contribution in [0.1, 0.15) is 39.5 Å². The molecule has 17 nitrogen and oxygen atoms in total. The van der Waals surface area contributed by atoms with Gasteiger partial charge >= 0.3 is 33.0 Å². The minimum atomic E-state index is -1.86. The number of amides is 3. The average Bonchev–Trinajstić information content (AvgIpc) is 3.45. The van der Waals surface area contributed by atoms with Crippen LogP contribution in [0.5, 0.6) is 0 Å². The van der Waals surface area contributed by atoms with Crippen molar-refractivity contribution < 1.29 is 74.2 Å². The number of hydrogen-bond acceptors (Lipinski definition) is 10. The molecule has 0 aromatic heterocycles. The Balaban J connectivity index is 0.000000743.